The SMILES string of the molecule is CC(C)(C)OC(=O)c1c(C(=O)N2CCCC2)c2cncn2c2ccccc12. The summed E-state index contributed by atoms with van der Waals surface area (Å²) >= 11 is 0. The van der Waals surface area contributed by atoms with E-state index in [9.17, 15) is 9.59 Å². The van der Waals surface area contributed by atoms with Gasteiger partial charge in [0.1, 0.15) is 5.60 Å². The molecule has 1 fully saturated rings. The topological polar surface area (TPSA) is 63.9 Å². The minimum Gasteiger partial charge on any atom is -0.456 e. The van der Waals surface area contributed by atoms with Crippen LogP contribution in [0.5, 0.6) is 0 Å². The smallest absolute Gasteiger partial charge is 0.340 e. The fourth-order valence-corrected chi connectivity index (χ4v) is 3.67. The summed E-state index contributed by atoms with van der Waals surface area (Å²) in [4.78, 5) is 32.6. The van der Waals surface area contributed by atoms with Gasteiger partial charge in [0.05, 0.1) is 34.7 Å². The van der Waals surface area contributed by atoms with Crippen LogP contribution in [0.15, 0.2) is 36.8 Å². The van der Waals surface area contributed by atoms with Gasteiger partial charge in [0.15, 0.2) is 0 Å². The number of benzene rings is 1. The number of hydrogen-bond acceptors (Lipinski definition) is 4. The van der Waals surface area contributed by atoms with Crippen LogP contribution in [0.3, 0.4) is 0 Å². The quantitative estimate of drug-likeness (QED) is 0.650. The number of carbonyl (C=O) groups excluding carboxylic acids is 2. The number of likely N-dealkylation sites (tertiary alicyclic amines) is 1. The molecule has 1 aliphatic rings. The van der Waals surface area contributed by atoms with Crippen LogP contribution in [0.4, 0.5) is 0 Å². The van der Waals surface area contributed by atoms with Gasteiger partial charge in [0.2, 0.25) is 0 Å². The lowest BCUT2D eigenvalue weighted by Crippen LogP contribution is -2.31. The molecular weight excluding hydrogens is 342 g/mol. The number of esters is 1. The molecule has 3 heterocycles. The third-order valence-electron chi connectivity index (χ3n) is 4.79. The van der Waals surface area contributed by atoms with Crippen LogP contribution in [0.1, 0.15) is 54.3 Å². The molecule has 1 amide bonds. The van der Waals surface area contributed by atoms with Crippen LogP contribution in [0, 0.1) is 0 Å². The number of aromatic nitrogens is 2. The molecule has 0 saturated carbocycles. The van der Waals surface area contributed by atoms with Crippen molar-refractivity contribution in [1.82, 2.24) is 14.3 Å². The summed E-state index contributed by atoms with van der Waals surface area (Å²) in [7, 11) is 0. The summed E-state index contributed by atoms with van der Waals surface area (Å²) in [5.41, 5.74) is 1.50. The van der Waals surface area contributed by atoms with Gasteiger partial charge in [0.25, 0.3) is 5.91 Å². The normalized spacial score (nSPS) is 14.9. The Kier molecular flexibility index (Phi) is 4.13. The lowest BCUT2D eigenvalue weighted by atomic mass is 10.00. The minimum atomic E-state index is -0.654. The third kappa shape index (κ3) is 3.05. The molecule has 0 aliphatic carbocycles. The van der Waals surface area contributed by atoms with Crippen molar-refractivity contribution in [2.75, 3.05) is 13.1 Å². The molecule has 27 heavy (non-hydrogen) atoms. The highest BCUT2D eigenvalue weighted by Crippen LogP contribution is 2.30. The van der Waals surface area contributed by atoms with E-state index in [-0.39, 0.29) is 5.91 Å². The van der Waals surface area contributed by atoms with Crippen molar-refractivity contribution >= 4 is 28.3 Å². The summed E-state index contributed by atoms with van der Waals surface area (Å²) < 4.78 is 7.54. The summed E-state index contributed by atoms with van der Waals surface area (Å²) in [5.74, 6) is -0.616. The van der Waals surface area contributed by atoms with Crippen molar-refractivity contribution in [2.24, 2.45) is 0 Å². The zero-order chi connectivity index (χ0) is 19.2. The molecule has 6 heteroatoms. The van der Waals surface area contributed by atoms with Gasteiger partial charge in [-0.25, -0.2) is 9.78 Å². The van der Waals surface area contributed by atoms with E-state index in [0.29, 0.717) is 35.1 Å². The zero-order valence-electron chi connectivity index (χ0n) is 15.9. The van der Waals surface area contributed by atoms with E-state index in [1.54, 1.807) is 12.5 Å². The average molecular weight is 365 g/mol. The Balaban J connectivity index is 2.02. The average Bonchev–Trinajstić information content (AvgIpc) is 3.30. The number of rotatable bonds is 2. The van der Waals surface area contributed by atoms with E-state index in [0.717, 1.165) is 18.4 Å². The molecule has 2 aromatic heterocycles. The van der Waals surface area contributed by atoms with Crippen LogP contribution < -0.4 is 0 Å². The van der Waals surface area contributed by atoms with Crippen LogP contribution in [-0.4, -0.2) is 44.9 Å². The number of ether oxygens (including phenoxy) is 1. The predicted molar refractivity (Wildman–Crippen MR) is 103 cm³/mol. The maximum atomic E-state index is 13.4. The first kappa shape index (κ1) is 17.5. The molecule has 1 aliphatic heterocycles. The van der Waals surface area contributed by atoms with Crippen molar-refractivity contribution in [3.05, 3.63) is 47.9 Å². The first-order chi connectivity index (χ1) is 12.9. The van der Waals surface area contributed by atoms with Crippen LogP contribution in [-0.2, 0) is 4.74 Å². The number of imidazole rings is 1. The van der Waals surface area contributed by atoms with Gasteiger partial charge >= 0.3 is 5.97 Å². The number of para-hydroxylation sites is 1. The van der Waals surface area contributed by atoms with Gasteiger partial charge in [-0.3, -0.25) is 9.20 Å². The Morgan fingerprint density at radius 3 is 2.44 bits per heavy atom. The fourth-order valence-electron chi connectivity index (χ4n) is 3.67. The number of carbonyl (C=O) groups is 2. The third-order valence-corrected chi connectivity index (χ3v) is 4.79. The summed E-state index contributed by atoms with van der Waals surface area (Å²) in [5, 5.41) is 0.694. The highest BCUT2D eigenvalue weighted by Gasteiger charge is 2.31. The number of fused-ring (bicyclic) bond motifs is 3. The first-order valence-electron chi connectivity index (χ1n) is 9.26. The Morgan fingerprint density at radius 1 is 1.04 bits per heavy atom. The van der Waals surface area contributed by atoms with Crippen molar-refractivity contribution in [1.29, 1.82) is 0 Å². The van der Waals surface area contributed by atoms with Gasteiger partial charge in [-0.15, -0.1) is 0 Å². The molecule has 0 bridgehead atoms. The summed E-state index contributed by atoms with van der Waals surface area (Å²) in [6.45, 7) is 6.89. The van der Waals surface area contributed by atoms with Gasteiger partial charge in [0, 0.05) is 18.5 Å². The van der Waals surface area contributed by atoms with Crippen molar-refractivity contribution in [2.45, 2.75) is 39.2 Å². The number of amides is 1. The molecule has 140 valence electrons. The maximum absolute atomic E-state index is 13.4. The lowest BCUT2D eigenvalue weighted by molar-refractivity contribution is 0.00693. The number of pyridine rings is 1. The molecule has 0 atom stereocenters. The van der Waals surface area contributed by atoms with Crippen LogP contribution in [0.25, 0.3) is 16.4 Å². The Labute approximate surface area is 157 Å². The predicted octanol–water partition coefficient (Wildman–Crippen LogP) is 3.68. The fraction of sp³-hybridized carbons (Fsp3) is 0.381. The summed E-state index contributed by atoms with van der Waals surface area (Å²) in [6, 6.07) is 7.54. The summed E-state index contributed by atoms with van der Waals surface area (Å²) in [6.07, 6.45) is 5.29. The van der Waals surface area contributed by atoms with E-state index in [2.05, 4.69) is 4.98 Å². The second kappa shape index (κ2) is 6.37. The number of hydrogen-bond donors (Lipinski definition) is 0. The minimum absolute atomic E-state index is 0.135. The second-order valence-corrected chi connectivity index (χ2v) is 7.92. The second-order valence-electron chi connectivity index (χ2n) is 7.92. The van der Waals surface area contributed by atoms with Gasteiger partial charge < -0.3 is 9.64 Å². The van der Waals surface area contributed by atoms with E-state index in [1.165, 1.54) is 0 Å². The molecule has 1 saturated heterocycles. The maximum Gasteiger partial charge on any atom is 0.340 e. The van der Waals surface area contributed by atoms with Crippen molar-refractivity contribution in [3.8, 4) is 0 Å². The van der Waals surface area contributed by atoms with E-state index in [4.69, 9.17) is 4.74 Å². The largest absolute Gasteiger partial charge is 0.456 e. The molecule has 0 unspecified atom stereocenters. The zero-order valence-corrected chi connectivity index (χ0v) is 15.9. The molecule has 1 aromatic carbocycles. The molecule has 0 spiro atoms. The molecule has 4 rings (SSSR count). The van der Waals surface area contributed by atoms with Crippen LogP contribution >= 0.6 is 0 Å². The molecule has 0 N–H and O–H groups in total. The van der Waals surface area contributed by atoms with E-state index in [1.807, 2.05) is 54.3 Å². The Hall–Kier alpha value is -2.89. The highest BCUT2D eigenvalue weighted by atomic mass is 16.6. The Morgan fingerprint density at radius 2 is 1.74 bits per heavy atom. The lowest BCUT2D eigenvalue weighted by Gasteiger charge is -2.23. The number of nitrogens with zero attached hydrogens (tertiary/aromatic N) is 3. The van der Waals surface area contributed by atoms with Crippen molar-refractivity contribution in [3.63, 3.8) is 0 Å². The monoisotopic (exact) mass is 365 g/mol. The van der Waals surface area contributed by atoms with Gasteiger partial charge in [-0.1, -0.05) is 18.2 Å². The highest BCUT2D eigenvalue weighted by molar-refractivity contribution is 6.17. The van der Waals surface area contributed by atoms with Gasteiger partial charge in [-0.05, 0) is 39.7 Å². The molecule has 0 radical (unpaired) electrons. The van der Waals surface area contributed by atoms with Crippen molar-refractivity contribution < 1.29 is 14.3 Å². The Bertz CT molecular complexity index is 1040. The van der Waals surface area contributed by atoms with Gasteiger partial charge in [-0.2, -0.15) is 0 Å². The first-order valence-corrected chi connectivity index (χ1v) is 9.26. The molecule has 6 nitrogen and oxygen atoms in total. The van der Waals surface area contributed by atoms with Crippen LogP contribution in [0.2, 0.25) is 0 Å². The molecular formula is C21H23N3O3. The molecule has 3 aromatic rings. The van der Waals surface area contributed by atoms with E-state index >= 15 is 0 Å². The van der Waals surface area contributed by atoms with E-state index < -0.39 is 11.6 Å². The standard InChI is InChI=1S/C21H23N3O3/c1-21(2,3)27-20(26)17-14-8-4-5-9-15(14)24-13-22-12-16(24)18(17)19(25)23-10-6-7-11-23/h4-5,8-9,12-13H,6-7,10-11H2,1-3H3.